The average Bonchev–Trinajstić information content (AvgIpc) is 2.90. The van der Waals surface area contributed by atoms with Crippen molar-refractivity contribution < 1.29 is 43.2 Å². The van der Waals surface area contributed by atoms with Gasteiger partial charge in [-0.25, -0.2) is 4.79 Å². The van der Waals surface area contributed by atoms with Crippen molar-refractivity contribution in [2.75, 3.05) is 21.3 Å². The molecule has 1 heterocycles. The predicted octanol–water partition coefficient (Wildman–Crippen LogP) is 2.41. The summed E-state index contributed by atoms with van der Waals surface area (Å²) in [5, 5.41) is 13.7. The zero-order valence-corrected chi connectivity index (χ0v) is 24.1. The van der Waals surface area contributed by atoms with Gasteiger partial charge in [0.25, 0.3) is 5.91 Å². The highest BCUT2D eigenvalue weighted by atomic mass is 16.6. The molecule has 2 rings (SSSR count). The van der Waals surface area contributed by atoms with Crippen molar-refractivity contribution in [2.45, 2.75) is 65.0 Å². The van der Waals surface area contributed by atoms with Crippen LogP contribution in [0.3, 0.4) is 0 Å². The van der Waals surface area contributed by atoms with E-state index >= 15 is 0 Å². The van der Waals surface area contributed by atoms with E-state index in [-0.39, 0.29) is 34.9 Å². The third kappa shape index (κ3) is 8.23. The van der Waals surface area contributed by atoms with E-state index in [1.54, 1.807) is 32.1 Å². The lowest BCUT2D eigenvalue weighted by Gasteiger charge is -2.29. The van der Waals surface area contributed by atoms with Crippen molar-refractivity contribution in [3.63, 3.8) is 0 Å². The normalized spacial score (nSPS) is 32.7. The third-order valence-corrected chi connectivity index (χ3v) is 6.95. The number of methoxy groups -OCH3 is 3. The van der Waals surface area contributed by atoms with E-state index < -0.39 is 53.9 Å². The first-order valence-electron chi connectivity index (χ1n) is 13.0. The molecule has 0 spiro atoms. The number of primary amides is 1. The summed E-state index contributed by atoms with van der Waals surface area (Å²) in [4.78, 5) is 50.6. The van der Waals surface area contributed by atoms with Crippen LogP contribution in [0.2, 0.25) is 0 Å². The number of hydrogen-bond donors (Lipinski definition) is 3. The van der Waals surface area contributed by atoms with Gasteiger partial charge >= 0.3 is 6.09 Å². The van der Waals surface area contributed by atoms with Crippen LogP contribution < -0.4 is 11.1 Å². The number of allylic oxidation sites excluding steroid dienone is 4. The van der Waals surface area contributed by atoms with E-state index in [1.165, 1.54) is 34.3 Å². The molecule has 1 aliphatic carbocycles. The molecule has 6 atom stereocenters. The molecule has 0 saturated carbocycles. The molecule has 1 unspecified atom stereocenters. The maximum atomic E-state index is 13.3. The van der Waals surface area contributed by atoms with Crippen molar-refractivity contribution in [3.05, 3.63) is 58.6 Å². The highest BCUT2D eigenvalue weighted by Gasteiger charge is 2.34. The van der Waals surface area contributed by atoms with Crippen molar-refractivity contribution in [3.8, 4) is 0 Å². The van der Waals surface area contributed by atoms with Crippen LogP contribution in [0.25, 0.3) is 0 Å². The number of Topliss-reactive ketones (excluding diaryl/α,β-unsaturated/α-hetero) is 1. The van der Waals surface area contributed by atoms with E-state index in [1.807, 2.05) is 6.92 Å². The number of carbonyl (C=O) groups excluding carboxylic acids is 4. The minimum Gasteiger partial charge on any atom is -0.492 e. The molecular formula is C29H40N2O9. The Morgan fingerprint density at radius 1 is 1.10 bits per heavy atom. The minimum atomic E-state index is -1.00. The van der Waals surface area contributed by atoms with Crippen LogP contribution >= 0.6 is 0 Å². The lowest BCUT2D eigenvalue weighted by atomic mass is 9.85. The van der Waals surface area contributed by atoms with Gasteiger partial charge in [0, 0.05) is 37.4 Å². The van der Waals surface area contributed by atoms with E-state index in [0.29, 0.717) is 12.0 Å². The van der Waals surface area contributed by atoms with Crippen LogP contribution in [-0.2, 0) is 33.3 Å². The van der Waals surface area contributed by atoms with Crippen LogP contribution in [-0.4, -0.2) is 74.4 Å². The van der Waals surface area contributed by atoms with E-state index in [9.17, 15) is 24.3 Å². The zero-order valence-electron chi connectivity index (χ0n) is 24.1. The van der Waals surface area contributed by atoms with Gasteiger partial charge in [0.1, 0.15) is 6.10 Å². The Morgan fingerprint density at radius 2 is 1.77 bits per heavy atom. The largest absolute Gasteiger partial charge is 0.492 e. The van der Waals surface area contributed by atoms with Crippen molar-refractivity contribution in [1.82, 2.24) is 5.32 Å². The van der Waals surface area contributed by atoms with Crippen LogP contribution in [0.15, 0.2) is 58.6 Å². The Kier molecular flexibility index (Phi) is 12.0. The Morgan fingerprint density at radius 3 is 2.35 bits per heavy atom. The van der Waals surface area contributed by atoms with Gasteiger partial charge in [0.15, 0.2) is 11.9 Å². The van der Waals surface area contributed by atoms with Gasteiger partial charge in [-0.15, -0.1) is 0 Å². The summed E-state index contributed by atoms with van der Waals surface area (Å²) in [6, 6.07) is 0. The van der Waals surface area contributed by atoms with Gasteiger partial charge in [-0.3, -0.25) is 14.4 Å². The zero-order chi connectivity index (χ0) is 30.1. The fourth-order valence-electron chi connectivity index (χ4n) is 4.78. The maximum Gasteiger partial charge on any atom is 0.405 e. The quantitative estimate of drug-likeness (QED) is 0.346. The van der Waals surface area contributed by atoms with Gasteiger partial charge in [-0.1, -0.05) is 38.2 Å². The van der Waals surface area contributed by atoms with E-state index in [4.69, 9.17) is 24.7 Å². The standard InChI is InChI=1S/C29H40N2O9/c1-15-11-19-25(34)20(14-21(32)27(19)39-7)31-28(35)16(2)9-8-10-22(37-5)26(40-29(30)36)18(4)13-17(3)24(33)23(12-15)38-6/h8-10,13-15,17,22-24,26,33H,11-12H2,1-7H3,(H2,30,36)(H,31,35)/b10-8-,16-9+,18-13+/t15-,17+,22?,23+,24-,26+/m1/s1. The fraction of sp³-hybridized carbons (Fsp3) is 0.517. The second-order valence-electron chi connectivity index (χ2n) is 10.1. The first kappa shape index (κ1) is 32.7. The number of nitrogens with two attached hydrogens (primary N) is 1. The van der Waals surface area contributed by atoms with Gasteiger partial charge in [0.05, 0.1) is 25.0 Å². The average molecular weight is 561 g/mol. The molecule has 1 aliphatic heterocycles. The highest BCUT2D eigenvalue weighted by molar-refractivity contribution is 6.23. The highest BCUT2D eigenvalue weighted by Crippen LogP contribution is 2.29. The molecule has 11 heteroatoms. The lowest BCUT2D eigenvalue weighted by molar-refractivity contribution is -0.120. The summed E-state index contributed by atoms with van der Waals surface area (Å²) in [6.07, 6.45) is 3.61. The number of aliphatic hydroxyl groups excluding tert-OH is 1. The molecule has 0 aromatic heterocycles. The Balaban J connectivity index is 2.60. The van der Waals surface area contributed by atoms with Gasteiger partial charge in [0.2, 0.25) is 11.6 Å². The smallest absolute Gasteiger partial charge is 0.405 e. The summed E-state index contributed by atoms with van der Waals surface area (Å²) in [5.41, 5.74) is 6.12. The Bertz CT molecular complexity index is 1150. The number of nitrogens with one attached hydrogen (secondary N) is 1. The second-order valence-corrected chi connectivity index (χ2v) is 10.1. The molecule has 11 nitrogen and oxygen atoms in total. The summed E-state index contributed by atoms with van der Waals surface area (Å²) in [5.74, 6) is -2.39. The van der Waals surface area contributed by atoms with E-state index in [0.717, 1.165) is 6.08 Å². The number of ether oxygens (including phenoxy) is 4. The van der Waals surface area contributed by atoms with Crippen LogP contribution in [0.4, 0.5) is 4.79 Å². The number of aliphatic hydroxyl groups is 1. The lowest BCUT2D eigenvalue weighted by Crippen LogP contribution is -2.37. The number of fused-ring (bicyclic) bond motifs is 2. The summed E-state index contributed by atoms with van der Waals surface area (Å²) in [7, 11) is 4.21. The second kappa shape index (κ2) is 14.7. The molecule has 0 aromatic rings. The summed E-state index contributed by atoms with van der Waals surface area (Å²) < 4.78 is 21.7. The third-order valence-electron chi connectivity index (χ3n) is 6.95. The summed E-state index contributed by atoms with van der Waals surface area (Å²) >= 11 is 0. The Labute approximate surface area is 234 Å². The van der Waals surface area contributed by atoms with Gasteiger partial charge in [-0.05, 0) is 38.2 Å². The Hall–Kier alpha value is -3.54. The predicted molar refractivity (Wildman–Crippen MR) is 147 cm³/mol. The number of rotatable bonds is 4. The SMILES string of the molecule is COC1=C2C[C@@H](C)C[C@H](OC)[C@H](O)[C@@H](C)/C=C(\C)[C@H](OC(N)=O)C(OC)/C=C\C=C(/C)C(=O)NC(=CC1=O)C2=O. The molecule has 2 bridgehead atoms. The molecule has 0 saturated heterocycles. The first-order chi connectivity index (χ1) is 18.8. The number of ketones is 2. The van der Waals surface area contributed by atoms with Crippen LogP contribution in [0.1, 0.15) is 40.5 Å². The van der Waals surface area contributed by atoms with Crippen LogP contribution in [0.5, 0.6) is 0 Å². The molecule has 2 amide bonds. The number of hydrogen-bond acceptors (Lipinski definition) is 9. The molecule has 0 radical (unpaired) electrons. The van der Waals surface area contributed by atoms with Gasteiger partial charge < -0.3 is 35.1 Å². The summed E-state index contributed by atoms with van der Waals surface area (Å²) in [6.45, 7) is 6.92. The van der Waals surface area contributed by atoms with Crippen molar-refractivity contribution in [1.29, 1.82) is 0 Å². The topological polar surface area (TPSA) is 163 Å². The number of carbonyl (C=O) groups is 4. The number of amides is 2. The van der Waals surface area contributed by atoms with Crippen molar-refractivity contribution in [2.24, 2.45) is 17.6 Å². The molecule has 4 N–H and O–H groups in total. The molecule has 220 valence electrons. The minimum absolute atomic E-state index is 0.0801. The van der Waals surface area contributed by atoms with Crippen LogP contribution in [0, 0.1) is 11.8 Å². The fourth-order valence-corrected chi connectivity index (χ4v) is 4.78. The molecule has 0 aromatic carbocycles. The molecule has 40 heavy (non-hydrogen) atoms. The van der Waals surface area contributed by atoms with Crippen molar-refractivity contribution >= 4 is 23.6 Å². The monoisotopic (exact) mass is 560 g/mol. The molecular weight excluding hydrogens is 520 g/mol. The maximum absolute atomic E-state index is 13.3. The van der Waals surface area contributed by atoms with Gasteiger partial charge in [-0.2, -0.15) is 0 Å². The first-order valence-corrected chi connectivity index (χ1v) is 13.0. The molecule has 0 fully saturated rings. The van der Waals surface area contributed by atoms with E-state index in [2.05, 4.69) is 5.32 Å². The molecule has 2 aliphatic rings.